The van der Waals surface area contributed by atoms with Crippen LogP contribution < -0.4 is 20.3 Å². The molecule has 0 bridgehead atoms. The quantitative estimate of drug-likeness (QED) is 0.690. The number of fused-ring (bicyclic) bond motifs is 2. The van der Waals surface area contributed by atoms with Gasteiger partial charge in [0.25, 0.3) is 0 Å². The van der Waals surface area contributed by atoms with Crippen molar-refractivity contribution in [2.45, 2.75) is 19.0 Å². The summed E-state index contributed by atoms with van der Waals surface area (Å²) in [4.78, 5) is 2.39. The lowest BCUT2D eigenvalue weighted by Crippen LogP contribution is -2.32. The third-order valence-electron chi connectivity index (χ3n) is 6.08. The SMILES string of the molecule is CC(c1ccc2c(c1)OCCO2)N(C)CC1CNNC1c1cc2ccccc2o1. The molecule has 3 unspecified atom stereocenters. The van der Waals surface area contributed by atoms with Gasteiger partial charge in [-0.05, 0) is 43.8 Å². The maximum absolute atomic E-state index is 6.12. The topological polar surface area (TPSA) is 58.9 Å². The Morgan fingerprint density at radius 2 is 1.90 bits per heavy atom. The van der Waals surface area contributed by atoms with Gasteiger partial charge in [-0.3, -0.25) is 10.3 Å². The lowest BCUT2D eigenvalue weighted by atomic mass is 9.97. The molecular formula is C23H27N3O3. The zero-order chi connectivity index (χ0) is 19.8. The molecule has 5 rings (SSSR count). The average Bonchev–Trinajstić information content (AvgIpc) is 3.39. The van der Waals surface area contributed by atoms with Crippen molar-refractivity contribution < 1.29 is 13.9 Å². The van der Waals surface area contributed by atoms with E-state index >= 15 is 0 Å². The summed E-state index contributed by atoms with van der Waals surface area (Å²) < 4.78 is 17.5. The number of hydrogen-bond acceptors (Lipinski definition) is 6. The normalized spacial score (nSPS) is 22.3. The van der Waals surface area contributed by atoms with Crippen molar-refractivity contribution >= 4 is 11.0 Å². The molecule has 0 saturated carbocycles. The molecule has 152 valence electrons. The highest BCUT2D eigenvalue weighted by atomic mass is 16.6. The summed E-state index contributed by atoms with van der Waals surface area (Å²) in [5.41, 5.74) is 8.89. The van der Waals surface area contributed by atoms with Gasteiger partial charge < -0.3 is 13.9 Å². The van der Waals surface area contributed by atoms with E-state index in [-0.39, 0.29) is 12.1 Å². The maximum atomic E-state index is 6.12. The molecule has 2 N–H and O–H groups in total. The molecule has 6 heteroatoms. The van der Waals surface area contributed by atoms with E-state index in [1.165, 1.54) is 5.56 Å². The van der Waals surface area contributed by atoms with Gasteiger partial charge in [-0.2, -0.15) is 0 Å². The first-order valence-electron chi connectivity index (χ1n) is 10.3. The number of nitrogens with one attached hydrogen (secondary N) is 2. The summed E-state index contributed by atoms with van der Waals surface area (Å²) in [6.07, 6.45) is 0. The Kier molecular flexibility index (Phi) is 4.91. The van der Waals surface area contributed by atoms with Crippen molar-refractivity contribution in [3.8, 4) is 11.5 Å². The molecule has 1 saturated heterocycles. The minimum absolute atomic E-state index is 0.150. The largest absolute Gasteiger partial charge is 0.486 e. The molecular weight excluding hydrogens is 366 g/mol. The second-order valence-electron chi connectivity index (χ2n) is 7.97. The van der Waals surface area contributed by atoms with E-state index in [4.69, 9.17) is 13.9 Å². The summed E-state index contributed by atoms with van der Waals surface area (Å²) in [6.45, 7) is 5.31. The van der Waals surface area contributed by atoms with Crippen molar-refractivity contribution in [1.29, 1.82) is 0 Å². The number of hydrazine groups is 1. The molecule has 3 heterocycles. The van der Waals surface area contributed by atoms with Crippen molar-refractivity contribution in [2.75, 3.05) is 33.4 Å². The van der Waals surface area contributed by atoms with E-state index in [2.05, 4.69) is 54.0 Å². The molecule has 0 aliphatic carbocycles. The summed E-state index contributed by atoms with van der Waals surface area (Å²) in [7, 11) is 2.18. The van der Waals surface area contributed by atoms with Gasteiger partial charge in [0.05, 0.1) is 6.04 Å². The number of para-hydroxylation sites is 1. The van der Waals surface area contributed by atoms with Gasteiger partial charge >= 0.3 is 0 Å². The van der Waals surface area contributed by atoms with E-state index < -0.39 is 0 Å². The van der Waals surface area contributed by atoms with Crippen molar-refractivity contribution in [3.63, 3.8) is 0 Å². The molecule has 2 aromatic carbocycles. The van der Waals surface area contributed by atoms with Crippen LogP contribution in [0.25, 0.3) is 11.0 Å². The first kappa shape index (κ1) is 18.5. The number of rotatable bonds is 5. The van der Waals surface area contributed by atoms with Crippen LogP contribution in [-0.4, -0.2) is 38.3 Å². The molecule has 29 heavy (non-hydrogen) atoms. The van der Waals surface area contributed by atoms with Gasteiger partial charge in [0, 0.05) is 30.4 Å². The second kappa shape index (κ2) is 7.71. The number of nitrogens with zero attached hydrogens (tertiary/aromatic N) is 1. The molecule has 3 aromatic rings. The molecule has 2 aliphatic rings. The zero-order valence-electron chi connectivity index (χ0n) is 16.9. The van der Waals surface area contributed by atoms with Gasteiger partial charge in [-0.15, -0.1) is 0 Å². The fraction of sp³-hybridized carbons (Fsp3) is 0.391. The number of furan rings is 1. The van der Waals surface area contributed by atoms with Crippen LogP contribution in [0.2, 0.25) is 0 Å². The van der Waals surface area contributed by atoms with Crippen molar-refractivity contribution in [1.82, 2.24) is 15.8 Å². The van der Waals surface area contributed by atoms with Gasteiger partial charge in [0.2, 0.25) is 0 Å². The Balaban J connectivity index is 1.30. The van der Waals surface area contributed by atoms with E-state index in [0.717, 1.165) is 41.3 Å². The highest BCUT2D eigenvalue weighted by Gasteiger charge is 2.32. The van der Waals surface area contributed by atoms with Gasteiger partial charge in [0.1, 0.15) is 24.6 Å². The van der Waals surface area contributed by atoms with Crippen LogP contribution in [-0.2, 0) is 0 Å². The van der Waals surface area contributed by atoms with Gasteiger partial charge in [-0.25, -0.2) is 5.43 Å². The lowest BCUT2D eigenvalue weighted by molar-refractivity contribution is 0.170. The minimum atomic E-state index is 0.150. The van der Waals surface area contributed by atoms with Crippen LogP contribution >= 0.6 is 0 Å². The van der Waals surface area contributed by atoms with Gasteiger partial charge in [0.15, 0.2) is 11.5 Å². The summed E-state index contributed by atoms with van der Waals surface area (Å²) in [5.74, 6) is 3.07. The Morgan fingerprint density at radius 3 is 2.76 bits per heavy atom. The Labute approximate surface area is 170 Å². The number of hydrogen-bond donors (Lipinski definition) is 2. The molecule has 6 nitrogen and oxygen atoms in total. The molecule has 0 spiro atoms. The molecule has 1 aromatic heterocycles. The highest BCUT2D eigenvalue weighted by Crippen LogP contribution is 2.35. The third-order valence-corrected chi connectivity index (χ3v) is 6.08. The Bertz CT molecular complexity index is 969. The van der Waals surface area contributed by atoms with Crippen LogP contribution in [0.5, 0.6) is 11.5 Å². The van der Waals surface area contributed by atoms with Crippen LogP contribution in [0, 0.1) is 5.92 Å². The lowest BCUT2D eigenvalue weighted by Gasteiger charge is -2.30. The van der Waals surface area contributed by atoms with E-state index in [1.807, 2.05) is 24.3 Å². The molecule has 2 aliphatic heterocycles. The van der Waals surface area contributed by atoms with Crippen LogP contribution in [0.1, 0.15) is 30.3 Å². The predicted molar refractivity (Wildman–Crippen MR) is 112 cm³/mol. The summed E-state index contributed by atoms with van der Waals surface area (Å²) >= 11 is 0. The summed E-state index contributed by atoms with van der Waals surface area (Å²) in [5, 5.41) is 1.15. The molecule has 1 fully saturated rings. The highest BCUT2D eigenvalue weighted by molar-refractivity contribution is 5.77. The zero-order valence-corrected chi connectivity index (χ0v) is 16.9. The summed E-state index contributed by atoms with van der Waals surface area (Å²) in [6, 6.07) is 17.0. The Hall–Kier alpha value is -2.54. The molecule has 0 radical (unpaired) electrons. The van der Waals surface area contributed by atoms with E-state index in [1.54, 1.807) is 0 Å². The average molecular weight is 393 g/mol. The van der Waals surface area contributed by atoms with Crippen LogP contribution in [0.15, 0.2) is 52.9 Å². The standard InChI is InChI=1S/C23H27N3O3/c1-15(16-7-8-20-21(11-16)28-10-9-27-20)26(2)14-18-13-24-25-23(18)22-12-17-5-3-4-6-19(17)29-22/h3-8,11-12,15,18,23-25H,9-10,13-14H2,1-2H3. The third kappa shape index (κ3) is 3.59. The minimum Gasteiger partial charge on any atom is -0.486 e. The van der Waals surface area contributed by atoms with E-state index in [0.29, 0.717) is 19.1 Å². The first-order chi connectivity index (χ1) is 14.2. The number of benzene rings is 2. The first-order valence-corrected chi connectivity index (χ1v) is 10.3. The van der Waals surface area contributed by atoms with Crippen molar-refractivity contribution in [2.24, 2.45) is 5.92 Å². The van der Waals surface area contributed by atoms with Crippen LogP contribution in [0.4, 0.5) is 0 Å². The Morgan fingerprint density at radius 1 is 1.07 bits per heavy atom. The second-order valence-corrected chi connectivity index (χ2v) is 7.97. The fourth-order valence-electron chi connectivity index (χ4n) is 4.27. The maximum Gasteiger partial charge on any atom is 0.161 e. The van der Waals surface area contributed by atoms with Crippen LogP contribution in [0.3, 0.4) is 0 Å². The fourth-order valence-corrected chi connectivity index (χ4v) is 4.27. The predicted octanol–water partition coefficient (Wildman–Crippen LogP) is 3.66. The monoisotopic (exact) mass is 393 g/mol. The van der Waals surface area contributed by atoms with Crippen molar-refractivity contribution in [3.05, 3.63) is 59.9 Å². The van der Waals surface area contributed by atoms with E-state index in [9.17, 15) is 0 Å². The molecule has 3 atom stereocenters. The number of ether oxygens (including phenoxy) is 2. The molecule has 0 amide bonds. The smallest absolute Gasteiger partial charge is 0.161 e. The van der Waals surface area contributed by atoms with Gasteiger partial charge in [-0.1, -0.05) is 24.3 Å².